The van der Waals surface area contributed by atoms with E-state index in [9.17, 15) is 22.8 Å². The maximum Gasteiger partial charge on any atom is 0.573 e. The Labute approximate surface area is 195 Å². The Balaban J connectivity index is 1.68. The van der Waals surface area contributed by atoms with E-state index in [0.717, 1.165) is 6.07 Å². The molecule has 4 aromatic rings. The smallest absolute Gasteiger partial charge is 0.404 e. The molecule has 13 heteroatoms. The molecule has 4 rings (SSSR count). The summed E-state index contributed by atoms with van der Waals surface area (Å²) in [5.41, 5.74) is 7.04. The molecule has 180 valence electrons. The summed E-state index contributed by atoms with van der Waals surface area (Å²) in [5.74, 6) is -1.54. The Morgan fingerprint density at radius 2 is 1.97 bits per heavy atom. The fraction of sp³-hybridized carbons (Fsp3) is 0.136. The number of ether oxygens (including phenoxy) is 1. The molecule has 35 heavy (non-hydrogen) atoms. The minimum atomic E-state index is -4.92. The molecule has 10 nitrogen and oxygen atoms in total. The number of nitrogen functional groups attached to an aromatic ring is 1. The van der Waals surface area contributed by atoms with Crippen LogP contribution >= 0.6 is 0 Å². The average molecular weight is 485 g/mol. The molecule has 0 saturated carbocycles. The van der Waals surface area contributed by atoms with E-state index in [-0.39, 0.29) is 35.0 Å². The number of carbonyl (C=O) groups is 1. The number of aromatic amines is 1. The first-order valence-electron chi connectivity index (χ1n) is 10.1. The zero-order chi connectivity index (χ0) is 25.2. The maximum atomic E-state index is 12.9. The van der Waals surface area contributed by atoms with E-state index in [0.29, 0.717) is 17.0 Å². The van der Waals surface area contributed by atoms with Gasteiger partial charge in [-0.25, -0.2) is 9.97 Å². The Morgan fingerprint density at radius 1 is 1.17 bits per heavy atom. The number of aromatic nitrogens is 5. The number of nitrogens with zero attached hydrogens (tertiary/aromatic N) is 4. The zero-order valence-corrected chi connectivity index (χ0v) is 18.1. The van der Waals surface area contributed by atoms with E-state index in [1.54, 1.807) is 25.4 Å². The van der Waals surface area contributed by atoms with Crippen molar-refractivity contribution in [1.29, 1.82) is 0 Å². The van der Waals surface area contributed by atoms with Gasteiger partial charge in [-0.1, -0.05) is 0 Å². The van der Waals surface area contributed by atoms with Crippen LogP contribution in [0.25, 0.3) is 22.6 Å². The van der Waals surface area contributed by atoms with E-state index in [1.165, 1.54) is 35.2 Å². The SMILES string of the molecule is Cn1cc(-c2nc(C(=O)NCc3ncccc3OC(F)(F)F)c(N)nc2-c2ccc[nH]2)ccc1=O. The van der Waals surface area contributed by atoms with Gasteiger partial charge in [0.15, 0.2) is 17.3 Å². The second-order valence-electron chi connectivity index (χ2n) is 7.28. The Hall–Kier alpha value is -4.68. The summed E-state index contributed by atoms with van der Waals surface area (Å²) in [6, 6.07) is 8.71. The van der Waals surface area contributed by atoms with Crippen molar-refractivity contribution >= 4 is 11.7 Å². The van der Waals surface area contributed by atoms with E-state index in [1.807, 2.05) is 0 Å². The number of alkyl halides is 3. The zero-order valence-electron chi connectivity index (χ0n) is 18.1. The molecule has 0 aromatic carbocycles. The number of hydrogen-bond acceptors (Lipinski definition) is 7. The van der Waals surface area contributed by atoms with Gasteiger partial charge in [-0.3, -0.25) is 14.6 Å². The lowest BCUT2D eigenvalue weighted by Gasteiger charge is -2.14. The van der Waals surface area contributed by atoms with Crippen molar-refractivity contribution in [2.75, 3.05) is 5.73 Å². The second kappa shape index (κ2) is 9.29. The topological polar surface area (TPSA) is 141 Å². The van der Waals surface area contributed by atoms with Crippen LogP contribution in [0.1, 0.15) is 16.2 Å². The van der Waals surface area contributed by atoms with Crippen molar-refractivity contribution in [3.05, 3.63) is 76.7 Å². The van der Waals surface area contributed by atoms with Crippen molar-refractivity contribution in [3.63, 3.8) is 0 Å². The third-order valence-electron chi connectivity index (χ3n) is 4.84. The fourth-order valence-electron chi connectivity index (χ4n) is 3.24. The number of halogens is 3. The van der Waals surface area contributed by atoms with Gasteiger partial charge in [-0.05, 0) is 30.3 Å². The van der Waals surface area contributed by atoms with Gasteiger partial charge >= 0.3 is 6.36 Å². The first kappa shape index (κ1) is 23.5. The number of nitrogens with one attached hydrogen (secondary N) is 2. The van der Waals surface area contributed by atoms with Crippen LogP contribution in [0.2, 0.25) is 0 Å². The fourth-order valence-corrected chi connectivity index (χ4v) is 3.24. The van der Waals surface area contributed by atoms with Crippen molar-refractivity contribution < 1.29 is 22.7 Å². The maximum absolute atomic E-state index is 12.9. The summed E-state index contributed by atoms with van der Waals surface area (Å²) >= 11 is 0. The Morgan fingerprint density at radius 3 is 2.66 bits per heavy atom. The number of aryl methyl sites for hydroxylation is 1. The number of H-pyrrole nitrogens is 1. The standard InChI is InChI=1S/C22H18F3N7O3/c1-32-11-12(6-7-16(32)33)17-18(13-4-2-8-27-13)31-20(26)19(30-17)21(34)29-10-14-15(5-3-9-28-14)35-22(23,24)25/h2-9,11,27H,10H2,1H3,(H2,26,31)(H,29,34). The van der Waals surface area contributed by atoms with Crippen LogP contribution in [0.15, 0.2) is 59.8 Å². The molecule has 4 N–H and O–H groups in total. The highest BCUT2D eigenvalue weighted by atomic mass is 19.4. The van der Waals surface area contributed by atoms with Gasteiger partial charge in [-0.2, -0.15) is 0 Å². The summed E-state index contributed by atoms with van der Waals surface area (Å²) in [4.78, 5) is 40.3. The molecular formula is C22H18F3N7O3. The van der Waals surface area contributed by atoms with E-state index in [4.69, 9.17) is 5.73 Å². The van der Waals surface area contributed by atoms with E-state index < -0.39 is 18.0 Å². The average Bonchev–Trinajstić information content (AvgIpc) is 3.34. The van der Waals surface area contributed by atoms with Crippen molar-refractivity contribution in [1.82, 2.24) is 29.8 Å². The van der Waals surface area contributed by atoms with Gasteiger partial charge in [0, 0.05) is 37.3 Å². The molecule has 4 heterocycles. The summed E-state index contributed by atoms with van der Waals surface area (Å²) in [7, 11) is 1.56. The minimum absolute atomic E-state index is 0.147. The van der Waals surface area contributed by atoms with Crippen LogP contribution in [-0.2, 0) is 13.6 Å². The highest BCUT2D eigenvalue weighted by Gasteiger charge is 2.32. The van der Waals surface area contributed by atoms with Crippen LogP contribution in [0.5, 0.6) is 5.75 Å². The number of anilines is 1. The van der Waals surface area contributed by atoms with Crippen molar-refractivity contribution in [2.24, 2.45) is 7.05 Å². The predicted molar refractivity (Wildman–Crippen MR) is 119 cm³/mol. The lowest BCUT2D eigenvalue weighted by molar-refractivity contribution is -0.275. The highest BCUT2D eigenvalue weighted by Crippen LogP contribution is 2.30. The molecule has 0 fully saturated rings. The van der Waals surface area contributed by atoms with E-state index >= 15 is 0 Å². The molecule has 0 aliphatic heterocycles. The molecule has 4 aromatic heterocycles. The number of amides is 1. The van der Waals surface area contributed by atoms with Crippen LogP contribution in [0.3, 0.4) is 0 Å². The van der Waals surface area contributed by atoms with Crippen molar-refractivity contribution in [3.8, 4) is 28.4 Å². The van der Waals surface area contributed by atoms with E-state index in [2.05, 4.69) is 30.0 Å². The first-order chi connectivity index (χ1) is 16.6. The number of pyridine rings is 2. The molecule has 0 bridgehead atoms. The number of rotatable bonds is 6. The molecule has 0 radical (unpaired) electrons. The molecule has 0 saturated heterocycles. The summed E-state index contributed by atoms with van der Waals surface area (Å²) in [5, 5.41) is 2.44. The monoisotopic (exact) mass is 485 g/mol. The van der Waals surface area contributed by atoms with Crippen LogP contribution in [0.4, 0.5) is 19.0 Å². The molecule has 0 aliphatic carbocycles. The largest absolute Gasteiger partial charge is 0.573 e. The highest BCUT2D eigenvalue weighted by molar-refractivity contribution is 5.97. The van der Waals surface area contributed by atoms with Gasteiger partial charge in [0.05, 0.1) is 12.2 Å². The summed E-state index contributed by atoms with van der Waals surface area (Å²) in [6.45, 7) is -0.389. The predicted octanol–water partition coefficient (Wildman–Crippen LogP) is 2.64. The van der Waals surface area contributed by atoms with Gasteiger partial charge < -0.3 is 25.3 Å². The third-order valence-corrected chi connectivity index (χ3v) is 4.84. The molecule has 0 aliphatic rings. The number of hydrogen-bond donors (Lipinski definition) is 3. The molecular weight excluding hydrogens is 467 g/mol. The van der Waals surface area contributed by atoms with Gasteiger partial charge in [0.25, 0.3) is 5.91 Å². The first-order valence-corrected chi connectivity index (χ1v) is 10.1. The second-order valence-corrected chi connectivity index (χ2v) is 7.28. The molecule has 1 amide bonds. The summed E-state index contributed by atoms with van der Waals surface area (Å²) in [6.07, 6.45) is -0.449. The molecule has 0 atom stereocenters. The van der Waals surface area contributed by atoms with Crippen molar-refractivity contribution in [2.45, 2.75) is 12.9 Å². The molecule has 0 unspecified atom stereocenters. The van der Waals surface area contributed by atoms with Crippen LogP contribution in [0, 0.1) is 0 Å². The van der Waals surface area contributed by atoms with Crippen LogP contribution < -0.4 is 21.3 Å². The quantitative estimate of drug-likeness (QED) is 0.381. The number of nitrogens with two attached hydrogens (primary N) is 1. The lowest BCUT2D eigenvalue weighted by Crippen LogP contribution is -2.27. The molecule has 0 spiro atoms. The lowest BCUT2D eigenvalue weighted by atomic mass is 10.1. The van der Waals surface area contributed by atoms with Gasteiger partial charge in [0.2, 0.25) is 5.56 Å². The normalized spacial score (nSPS) is 11.3. The van der Waals surface area contributed by atoms with Crippen LogP contribution in [-0.4, -0.2) is 36.8 Å². The minimum Gasteiger partial charge on any atom is -0.404 e. The number of carbonyl (C=O) groups excluding carboxylic acids is 1. The Kier molecular flexibility index (Phi) is 6.23. The van der Waals surface area contributed by atoms with Gasteiger partial charge in [-0.15, -0.1) is 13.2 Å². The third kappa shape index (κ3) is 5.29. The summed E-state index contributed by atoms with van der Waals surface area (Å²) < 4.78 is 43.3. The van der Waals surface area contributed by atoms with Gasteiger partial charge in [0.1, 0.15) is 17.1 Å². The Bertz CT molecular complexity index is 1430.